The van der Waals surface area contributed by atoms with Gasteiger partial charge in [-0.05, 0) is 84.4 Å². The number of hydrogen-bond donors (Lipinski definition) is 0. The highest BCUT2D eigenvalue weighted by atomic mass is 127. The maximum Gasteiger partial charge on any atom is 0.217 e. The zero-order valence-electron chi connectivity index (χ0n) is 16.2. The summed E-state index contributed by atoms with van der Waals surface area (Å²) in [5.41, 5.74) is 5.95. The lowest BCUT2D eigenvalue weighted by Crippen LogP contribution is -2.09. The van der Waals surface area contributed by atoms with E-state index < -0.39 is 0 Å². The fourth-order valence-electron chi connectivity index (χ4n) is 3.04. The van der Waals surface area contributed by atoms with Gasteiger partial charge in [-0.15, -0.1) is 0 Å². The smallest absolute Gasteiger partial charge is 0.217 e. The van der Waals surface area contributed by atoms with Crippen LogP contribution in [0, 0.1) is 29.3 Å². The summed E-state index contributed by atoms with van der Waals surface area (Å²) < 4.78 is 7.27. The highest BCUT2D eigenvalue weighted by Crippen LogP contribution is 2.25. The molecule has 2 aromatic rings. The Kier molecular flexibility index (Phi) is 7.23. The third kappa shape index (κ3) is 5.66. The monoisotopic (exact) mass is 452 g/mol. The molecule has 0 spiro atoms. The third-order valence-electron chi connectivity index (χ3n) is 4.15. The predicted molar refractivity (Wildman–Crippen MR) is 112 cm³/mol. The van der Waals surface area contributed by atoms with E-state index in [4.69, 9.17) is 9.72 Å². The van der Waals surface area contributed by atoms with Gasteiger partial charge in [0.15, 0.2) is 0 Å². The van der Waals surface area contributed by atoms with Crippen LogP contribution in [0.1, 0.15) is 55.8 Å². The van der Waals surface area contributed by atoms with Crippen molar-refractivity contribution in [2.24, 2.45) is 11.8 Å². The first-order chi connectivity index (χ1) is 11.8. The summed E-state index contributed by atoms with van der Waals surface area (Å²) in [6.45, 7) is 13.7. The van der Waals surface area contributed by atoms with E-state index in [-0.39, 0.29) is 0 Å². The van der Waals surface area contributed by atoms with E-state index in [1.165, 1.54) is 20.3 Å². The van der Waals surface area contributed by atoms with Crippen molar-refractivity contribution < 1.29 is 4.74 Å². The largest absolute Gasteiger partial charge is 0.471 e. The van der Waals surface area contributed by atoms with Crippen molar-refractivity contribution in [3.05, 3.63) is 50.0 Å². The lowest BCUT2D eigenvalue weighted by atomic mass is 9.97. The van der Waals surface area contributed by atoms with Gasteiger partial charge in [0.25, 0.3) is 0 Å². The molecule has 0 N–H and O–H groups in total. The van der Waals surface area contributed by atoms with Gasteiger partial charge >= 0.3 is 0 Å². The Morgan fingerprint density at radius 1 is 1.04 bits per heavy atom. The molecular formula is C21H29IN2O. The summed E-state index contributed by atoms with van der Waals surface area (Å²) in [4.78, 5) is 9.22. The lowest BCUT2D eigenvalue weighted by Gasteiger charge is -2.16. The molecule has 0 radical (unpaired) electrons. The molecule has 2 aromatic heterocycles. The van der Waals surface area contributed by atoms with Crippen molar-refractivity contribution >= 4 is 22.6 Å². The van der Waals surface area contributed by atoms with Crippen LogP contribution in [0.2, 0.25) is 0 Å². The van der Waals surface area contributed by atoms with Crippen molar-refractivity contribution in [3.8, 4) is 5.88 Å². The fourth-order valence-corrected chi connectivity index (χ4v) is 3.65. The van der Waals surface area contributed by atoms with Crippen molar-refractivity contribution in [2.45, 2.75) is 61.0 Å². The second-order valence-electron chi connectivity index (χ2n) is 7.56. The summed E-state index contributed by atoms with van der Waals surface area (Å²) in [5.74, 6) is 1.94. The third-order valence-corrected chi connectivity index (χ3v) is 5.16. The highest BCUT2D eigenvalue weighted by molar-refractivity contribution is 14.1. The predicted octanol–water partition coefficient (Wildman–Crippen LogP) is 5.67. The van der Waals surface area contributed by atoms with Gasteiger partial charge in [0.1, 0.15) is 6.61 Å². The van der Waals surface area contributed by atoms with Crippen LogP contribution in [0.15, 0.2) is 18.3 Å². The second kappa shape index (κ2) is 8.97. The van der Waals surface area contributed by atoms with Gasteiger partial charge in [0.2, 0.25) is 5.88 Å². The SMILES string of the molecule is Cc1cc(COc2nccc(I)c2CC(C)C)nc(C)c1CC(C)C. The van der Waals surface area contributed by atoms with Crippen LogP contribution in [0.4, 0.5) is 0 Å². The Morgan fingerprint density at radius 2 is 1.68 bits per heavy atom. The lowest BCUT2D eigenvalue weighted by molar-refractivity contribution is 0.284. The molecule has 0 aliphatic heterocycles. The summed E-state index contributed by atoms with van der Waals surface area (Å²) in [6, 6.07) is 4.19. The molecule has 3 nitrogen and oxygen atoms in total. The average Bonchev–Trinajstić information content (AvgIpc) is 2.51. The Balaban J connectivity index is 2.18. The number of aromatic nitrogens is 2. The zero-order valence-corrected chi connectivity index (χ0v) is 18.3. The molecule has 2 heterocycles. The first kappa shape index (κ1) is 20.1. The average molecular weight is 452 g/mol. The van der Waals surface area contributed by atoms with E-state index in [1.54, 1.807) is 0 Å². The van der Waals surface area contributed by atoms with E-state index in [1.807, 2.05) is 12.3 Å². The molecule has 25 heavy (non-hydrogen) atoms. The first-order valence-electron chi connectivity index (χ1n) is 9.00. The Morgan fingerprint density at radius 3 is 2.28 bits per heavy atom. The van der Waals surface area contributed by atoms with E-state index in [0.717, 1.165) is 30.1 Å². The molecule has 0 aliphatic carbocycles. The number of ether oxygens (including phenoxy) is 1. The molecule has 0 amide bonds. The summed E-state index contributed by atoms with van der Waals surface area (Å²) >= 11 is 2.36. The van der Waals surface area contributed by atoms with Gasteiger partial charge in [-0.3, -0.25) is 4.98 Å². The molecule has 0 aromatic carbocycles. The molecule has 0 bridgehead atoms. The molecule has 2 rings (SSSR count). The van der Waals surface area contributed by atoms with Gasteiger partial charge in [-0.2, -0.15) is 0 Å². The number of nitrogens with zero attached hydrogens (tertiary/aromatic N) is 2. The topological polar surface area (TPSA) is 35.0 Å². The van der Waals surface area contributed by atoms with Gasteiger partial charge in [0.05, 0.1) is 5.69 Å². The minimum atomic E-state index is 0.460. The Hall–Kier alpha value is -1.17. The van der Waals surface area contributed by atoms with Crippen molar-refractivity contribution in [2.75, 3.05) is 0 Å². The summed E-state index contributed by atoms with van der Waals surface area (Å²) in [5, 5.41) is 0. The number of pyridine rings is 2. The quantitative estimate of drug-likeness (QED) is 0.508. The van der Waals surface area contributed by atoms with Gasteiger partial charge in [-0.25, -0.2) is 4.98 Å². The number of rotatable bonds is 7. The number of aryl methyl sites for hydroxylation is 2. The van der Waals surface area contributed by atoms with Crippen LogP contribution in [0.3, 0.4) is 0 Å². The maximum absolute atomic E-state index is 6.06. The molecule has 4 heteroatoms. The fraction of sp³-hybridized carbons (Fsp3) is 0.524. The minimum Gasteiger partial charge on any atom is -0.471 e. The molecule has 0 atom stereocenters. The second-order valence-corrected chi connectivity index (χ2v) is 8.72. The Bertz CT molecular complexity index is 703. The van der Waals surface area contributed by atoms with E-state index >= 15 is 0 Å². The van der Waals surface area contributed by atoms with Crippen LogP contribution in [0.25, 0.3) is 0 Å². The normalized spacial score (nSPS) is 11.4. The summed E-state index contributed by atoms with van der Waals surface area (Å²) in [7, 11) is 0. The standard InChI is InChI=1S/C21H29IN2O/c1-13(2)9-18-15(5)11-17(24-16(18)6)12-25-21-19(10-14(3)4)20(22)7-8-23-21/h7-8,11,13-14H,9-10,12H2,1-6H3. The van der Waals surface area contributed by atoms with Crippen molar-refractivity contribution in [1.29, 1.82) is 0 Å². The van der Waals surface area contributed by atoms with Crippen molar-refractivity contribution in [3.63, 3.8) is 0 Å². The van der Waals surface area contributed by atoms with Crippen LogP contribution >= 0.6 is 22.6 Å². The molecule has 0 saturated carbocycles. The van der Waals surface area contributed by atoms with Gasteiger partial charge in [0, 0.05) is 21.0 Å². The molecule has 0 saturated heterocycles. The molecule has 0 fully saturated rings. The molecular weight excluding hydrogens is 423 g/mol. The van der Waals surface area contributed by atoms with Crippen LogP contribution in [-0.2, 0) is 19.4 Å². The minimum absolute atomic E-state index is 0.460. The van der Waals surface area contributed by atoms with Gasteiger partial charge < -0.3 is 4.74 Å². The van der Waals surface area contributed by atoms with Crippen molar-refractivity contribution in [1.82, 2.24) is 9.97 Å². The number of hydrogen-bond acceptors (Lipinski definition) is 3. The van der Waals surface area contributed by atoms with Crippen LogP contribution in [0.5, 0.6) is 5.88 Å². The summed E-state index contributed by atoms with van der Waals surface area (Å²) in [6.07, 6.45) is 3.86. The maximum atomic E-state index is 6.06. The first-order valence-corrected chi connectivity index (χ1v) is 10.1. The zero-order chi connectivity index (χ0) is 18.6. The van der Waals surface area contributed by atoms with E-state index in [9.17, 15) is 0 Å². The van der Waals surface area contributed by atoms with E-state index in [2.05, 4.69) is 75.2 Å². The molecule has 0 aliphatic rings. The van der Waals surface area contributed by atoms with Gasteiger partial charge in [-0.1, -0.05) is 27.7 Å². The van der Waals surface area contributed by atoms with Crippen LogP contribution in [-0.4, -0.2) is 9.97 Å². The molecule has 0 unspecified atom stereocenters. The van der Waals surface area contributed by atoms with E-state index in [0.29, 0.717) is 18.4 Å². The van der Waals surface area contributed by atoms with Crippen LogP contribution < -0.4 is 4.74 Å². The highest BCUT2D eigenvalue weighted by Gasteiger charge is 2.13. The Labute approximate surface area is 165 Å². The number of halogens is 1. The molecule has 136 valence electrons.